The molecule has 10 heteroatoms. The van der Waals surface area contributed by atoms with Crippen molar-refractivity contribution in [2.75, 3.05) is 5.32 Å². The molecular formula is C18H16N6OS3. The van der Waals surface area contributed by atoms with E-state index in [-0.39, 0.29) is 5.91 Å². The molecule has 28 heavy (non-hydrogen) atoms. The number of aromatic amines is 1. The van der Waals surface area contributed by atoms with Gasteiger partial charge < -0.3 is 4.57 Å². The van der Waals surface area contributed by atoms with Crippen LogP contribution >= 0.6 is 34.9 Å². The summed E-state index contributed by atoms with van der Waals surface area (Å²) in [6.45, 7) is 1.84. The van der Waals surface area contributed by atoms with Gasteiger partial charge in [0.05, 0.1) is 17.8 Å². The monoisotopic (exact) mass is 428 g/mol. The second kappa shape index (κ2) is 7.74. The maximum absolute atomic E-state index is 12.7. The number of benzene rings is 1. The molecule has 142 valence electrons. The Bertz CT molecular complexity index is 1190. The molecule has 7 nitrogen and oxygen atoms in total. The number of thiazole rings is 2. The lowest BCUT2D eigenvalue weighted by atomic mass is 10.2. The largest absolute Gasteiger partial charge is 0.307 e. The molecule has 0 spiro atoms. The van der Waals surface area contributed by atoms with Gasteiger partial charge in [-0.3, -0.25) is 15.2 Å². The number of hydrogen-bond donors (Lipinski definition) is 2. The molecule has 0 saturated heterocycles. The number of aryl methyl sites for hydroxylation is 1. The molecule has 0 saturated carbocycles. The summed E-state index contributed by atoms with van der Waals surface area (Å²) in [5.41, 5.74) is 2.53. The molecule has 4 rings (SSSR count). The standard InChI is InChI=1S/C18H16N6OS3/c1-10-14(28-16(19-10)11-6-4-3-5-7-11)15(25)21-17-20-12(9-27-17)8-13-22-23-18(26)24(13)2/h3-7,9H,8H2,1-2H3,(H,23,26)(H,20,21,25). The van der Waals surface area contributed by atoms with Crippen molar-refractivity contribution in [2.24, 2.45) is 7.05 Å². The summed E-state index contributed by atoms with van der Waals surface area (Å²) in [5.74, 6) is 0.593. The number of H-pyrrole nitrogens is 1. The average Bonchev–Trinajstić information content (AvgIpc) is 3.38. The fourth-order valence-corrected chi connectivity index (χ4v) is 4.43. The van der Waals surface area contributed by atoms with E-state index in [1.165, 1.54) is 22.7 Å². The smallest absolute Gasteiger partial charge is 0.269 e. The van der Waals surface area contributed by atoms with Crippen LogP contribution in [0.5, 0.6) is 0 Å². The number of anilines is 1. The van der Waals surface area contributed by atoms with Gasteiger partial charge in [0.15, 0.2) is 9.90 Å². The SMILES string of the molecule is Cc1nc(-c2ccccc2)sc1C(=O)Nc1nc(Cc2n[nH]c(=S)n2C)cs1. The van der Waals surface area contributed by atoms with Gasteiger partial charge in [-0.15, -0.1) is 22.7 Å². The van der Waals surface area contributed by atoms with Crippen molar-refractivity contribution in [1.29, 1.82) is 0 Å². The Balaban J connectivity index is 1.49. The van der Waals surface area contributed by atoms with Crippen LogP contribution in [0.4, 0.5) is 5.13 Å². The average molecular weight is 429 g/mol. The lowest BCUT2D eigenvalue weighted by Crippen LogP contribution is -2.11. The first-order chi connectivity index (χ1) is 13.5. The first-order valence-electron chi connectivity index (χ1n) is 8.40. The second-order valence-corrected chi connectivity index (χ2v) is 8.32. The molecule has 0 atom stereocenters. The van der Waals surface area contributed by atoms with E-state index in [0.717, 1.165) is 22.1 Å². The number of carbonyl (C=O) groups is 1. The van der Waals surface area contributed by atoms with Crippen molar-refractivity contribution in [2.45, 2.75) is 13.3 Å². The number of nitrogens with zero attached hydrogens (tertiary/aromatic N) is 4. The summed E-state index contributed by atoms with van der Waals surface area (Å²) < 4.78 is 2.37. The highest BCUT2D eigenvalue weighted by atomic mass is 32.1. The van der Waals surface area contributed by atoms with Crippen LogP contribution in [0.1, 0.15) is 26.9 Å². The third-order valence-electron chi connectivity index (χ3n) is 4.11. The topological polar surface area (TPSA) is 88.5 Å². The van der Waals surface area contributed by atoms with Gasteiger partial charge >= 0.3 is 0 Å². The summed E-state index contributed by atoms with van der Waals surface area (Å²) in [7, 11) is 1.85. The first kappa shape index (κ1) is 18.7. The fourth-order valence-electron chi connectivity index (χ4n) is 2.61. The van der Waals surface area contributed by atoms with Crippen molar-refractivity contribution in [3.8, 4) is 10.6 Å². The molecule has 0 fully saturated rings. The third-order valence-corrected chi connectivity index (χ3v) is 6.48. The summed E-state index contributed by atoms with van der Waals surface area (Å²) >= 11 is 7.88. The minimum Gasteiger partial charge on any atom is -0.307 e. The van der Waals surface area contributed by atoms with E-state index < -0.39 is 0 Å². The fraction of sp³-hybridized carbons (Fsp3) is 0.167. The van der Waals surface area contributed by atoms with E-state index in [9.17, 15) is 4.79 Å². The Labute approximate surface area is 174 Å². The predicted octanol–water partition coefficient (Wildman–Crippen LogP) is 4.21. The van der Waals surface area contributed by atoms with E-state index in [1.54, 1.807) is 4.57 Å². The number of rotatable bonds is 5. The molecule has 0 radical (unpaired) electrons. The number of amides is 1. The Morgan fingerprint density at radius 1 is 1.29 bits per heavy atom. The molecule has 2 N–H and O–H groups in total. The molecule has 3 aromatic heterocycles. The van der Waals surface area contributed by atoms with Crippen molar-refractivity contribution >= 4 is 45.9 Å². The first-order valence-corrected chi connectivity index (χ1v) is 10.5. The van der Waals surface area contributed by atoms with Crippen LogP contribution in [0.2, 0.25) is 0 Å². The van der Waals surface area contributed by atoms with Crippen LogP contribution in [0.3, 0.4) is 0 Å². The summed E-state index contributed by atoms with van der Waals surface area (Å²) in [5, 5.41) is 13.1. The van der Waals surface area contributed by atoms with Crippen molar-refractivity contribution in [3.05, 3.63) is 62.6 Å². The van der Waals surface area contributed by atoms with Crippen molar-refractivity contribution in [1.82, 2.24) is 24.7 Å². The highest BCUT2D eigenvalue weighted by Gasteiger charge is 2.18. The van der Waals surface area contributed by atoms with Crippen LogP contribution in [0, 0.1) is 11.7 Å². The molecule has 1 amide bonds. The number of hydrogen-bond acceptors (Lipinski definition) is 7. The van der Waals surface area contributed by atoms with E-state index in [0.29, 0.717) is 26.9 Å². The quantitative estimate of drug-likeness (QED) is 0.465. The predicted molar refractivity (Wildman–Crippen MR) is 114 cm³/mol. The van der Waals surface area contributed by atoms with Gasteiger partial charge in [-0.1, -0.05) is 30.3 Å². The van der Waals surface area contributed by atoms with E-state index in [1.807, 2.05) is 49.7 Å². The Morgan fingerprint density at radius 2 is 2.07 bits per heavy atom. The van der Waals surface area contributed by atoms with Crippen LogP contribution in [-0.4, -0.2) is 30.6 Å². The van der Waals surface area contributed by atoms with E-state index in [2.05, 4.69) is 25.5 Å². The van der Waals surface area contributed by atoms with Crippen LogP contribution in [-0.2, 0) is 13.5 Å². The Kier molecular flexibility index (Phi) is 5.16. The van der Waals surface area contributed by atoms with Crippen molar-refractivity contribution in [3.63, 3.8) is 0 Å². The zero-order valence-corrected chi connectivity index (χ0v) is 17.5. The zero-order chi connectivity index (χ0) is 19.7. The molecule has 4 aromatic rings. The van der Waals surface area contributed by atoms with Gasteiger partial charge in [0, 0.05) is 18.0 Å². The summed E-state index contributed by atoms with van der Waals surface area (Å²) in [6.07, 6.45) is 0.535. The minimum atomic E-state index is -0.198. The molecular weight excluding hydrogens is 412 g/mol. The Hall–Kier alpha value is -2.69. The molecule has 0 aliphatic heterocycles. The second-order valence-electron chi connectivity index (χ2n) is 6.08. The molecule has 0 unspecified atom stereocenters. The van der Waals surface area contributed by atoms with Crippen LogP contribution in [0.15, 0.2) is 35.7 Å². The minimum absolute atomic E-state index is 0.198. The lowest BCUT2D eigenvalue weighted by Gasteiger charge is -1.99. The highest BCUT2D eigenvalue weighted by molar-refractivity contribution is 7.71. The van der Waals surface area contributed by atoms with Crippen molar-refractivity contribution < 1.29 is 4.79 Å². The normalized spacial score (nSPS) is 10.9. The van der Waals surface area contributed by atoms with Crippen LogP contribution < -0.4 is 5.32 Å². The van der Waals surface area contributed by atoms with Crippen LogP contribution in [0.25, 0.3) is 10.6 Å². The number of nitrogens with one attached hydrogen (secondary N) is 2. The Morgan fingerprint density at radius 3 is 2.79 bits per heavy atom. The van der Waals surface area contributed by atoms with Gasteiger partial charge in [0.1, 0.15) is 15.7 Å². The molecule has 1 aromatic carbocycles. The molecule has 0 aliphatic carbocycles. The molecule has 3 heterocycles. The van der Waals surface area contributed by atoms with Gasteiger partial charge in [-0.25, -0.2) is 9.97 Å². The maximum atomic E-state index is 12.7. The number of aromatic nitrogens is 5. The van der Waals surface area contributed by atoms with E-state index >= 15 is 0 Å². The molecule has 0 aliphatic rings. The summed E-state index contributed by atoms with van der Waals surface area (Å²) in [6, 6.07) is 9.83. The lowest BCUT2D eigenvalue weighted by molar-refractivity contribution is 0.103. The number of carbonyl (C=O) groups excluding carboxylic acids is 1. The summed E-state index contributed by atoms with van der Waals surface area (Å²) in [4.78, 5) is 22.3. The maximum Gasteiger partial charge on any atom is 0.269 e. The van der Waals surface area contributed by atoms with Gasteiger partial charge in [-0.05, 0) is 19.1 Å². The highest BCUT2D eigenvalue weighted by Crippen LogP contribution is 2.28. The van der Waals surface area contributed by atoms with Gasteiger partial charge in [-0.2, -0.15) is 5.10 Å². The van der Waals surface area contributed by atoms with E-state index in [4.69, 9.17) is 12.2 Å². The van der Waals surface area contributed by atoms with Gasteiger partial charge in [0.2, 0.25) is 0 Å². The third kappa shape index (κ3) is 3.79. The molecule has 0 bridgehead atoms. The zero-order valence-electron chi connectivity index (χ0n) is 15.1. The van der Waals surface area contributed by atoms with Gasteiger partial charge in [0.25, 0.3) is 5.91 Å².